The first-order valence-corrected chi connectivity index (χ1v) is 14.1. The fraction of sp³-hybridized carbons (Fsp3) is 0.583. The fourth-order valence-electron chi connectivity index (χ4n) is 4.54. The van der Waals surface area contributed by atoms with Crippen LogP contribution < -0.4 is 15.6 Å². The number of rotatable bonds is 8. The van der Waals surface area contributed by atoms with Crippen LogP contribution in [0.3, 0.4) is 0 Å². The van der Waals surface area contributed by atoms with Crippen molar-refractivity contribution in [2.75, 3.05) is 42.9 Å². The SMILES string of the molecule is CC(C)(O)c1ccc(NS(=O)(=O)N2CCC(n3ncc(NC[C@@H]4CCCOC4)c(Cl)c3=O)CC2)cc1. The third kappa shape index (κ3) is 6.38. The summed E-state index contributed by atoms with van der Waals surface area (Å²) in [6, 6.07) is 6.38. The van der Waals surface area contributed by atoms with Crippen LogP contribution in [0.1, 0.15) is 51.1 Å². The van der Waals surface area contributed by atoms with Crippen LogP contribution in [-0.2, 0) is 20.5 Å². The summed E-state index contributed by atoms with van der Waals surface area (Å²) in [5.41, 5.74) is 0.216. The first kappa shape index (κ1) is 26.9. The van der Waals surface area contributed by atoms with E-state index in [1.807, 2.05) is 0 Å². The van der Waals surface area contributed by atoms with Crippen molar-refractivity contribution in [3.05, 3.63) is 51.4 Å². The number of halogens is 1. The molecule has 1 aromatic carbocycles. The molecule has 4 rings (SSSR count). The molecule has 0 radical (unpaired) electrons. The zero-order chi connectivity index (χ0) is 25.9. The Bertz CT molecular complexity index is 1200. The molecule has 36 heavy (non-hydrogen) atoms. The maximum absolute atomic E-state index is 12.9. The number of nitrogens with one attached hydrogen (secondary N) is 2. The zero-order valence-corrected chi connectivity index (χ0v) is 22.2. The zero-order valence-electron chi connectivity index (χ0n) is 20.6. The van der Waals surface area contributed by atoms with Crippen molar-refractivity contribution in [1.82, 2.24) is 14.1 Å². The van der Waals surface area contributed by atoms with Crippen molar-refractivity contribution in [2.24, 2.45) is 5.92 Å². The molecule has 0 amide bonds. The number of aliphatic hydroxyl groups is 1. The Labute approximate surface area is 216 Å². The summed E-state index contributed by atoms with van der Waals surface area (Å²) in [5.74, 6) is 0.372. The predicted octanol–water partition coefficient (Wildman–Crippen LogP) is 2.96. The van der Waals surface area contributed by atoms with E-state index in [1.54, 1.807) is 44.3 Å². The number of aromatic nitrogens is 2. The largest absolute Gasteiger partial charge is 0.386 e. The smallest absolute Gasteiger partial charge is 0.301 e. The quantitative estimate of drug-likeness (QED) is 0.471. The number of anilines is 2. The molecule has 3 N–H and O–H groups in total. The number of hydrogen-bond acceptors (Lipinski definition) is 7. The van der Waals surface area contributed by atoms with E-state index in [4.69, 9.17) is 16.3 Å². The molecule has 0 aliphatic carbocycles. The molecule has 12 heteroatoms. The predicted molar refractivity (Wildman–Crippen MR) is 140 cm³/mol. The van der Waals surface area contributed by atoms with Gasteiger partial charge in [-0.25, -0.2) is 4.68 Å². The van der Waals surface area contributed by atoms with Crippen molar-refractivity contribution < 1.29 is 18.3 Å². The molecule has 3 heterocycles. The maximum Gasteiger partial charge on any atom is 0.301 e. The lowest BCUT2D eigenvalue weighted by molar-refractivity contribution is 0.0595. The molecule has 10 nitrogen and oxygen atoms in total. The summed E-state index contributed by atoms with van der Waals surface area (Å²) in [6.07, 6.45) is 4.53. The van der Waals surface area contributed by atoms with Gasteiger partial charge in [0.25, 0.3) is 5.56 Å². The van der Waals surface area contributed by atoms with Gasteiger partial charge in [0, 0.05) is 31.9 Å². The van der Waals surface area contributed by atoms with Crippen LogP contribution in [0.2, 0.25) is 5.02 Å². The Morgan fingerprint density at radius 3 is 2.50 bits per heavy atom. The molecule has 0 saturated carbocycles. The van der Waals surface area contributed by atoms with Crippen molar-refractivity contribution >= 4 is 33.2 Å². The standard InChI is InChI=1S/C24H34ClN5O5S/c1-24(2,32)18-5-7-19(8-6-18)28-36(33,34)29-11-9-20(10-12-29)30-23(31)22(25)21(15-27-30)26-14-17-4-3-13-35-16-17/h5-8,15,17,20,26,28,32H,3-4,9-14,16H2,1-2H3/t17-/m0/s1. The maximum atomic E-state index is 12.9. The molecule has 198 valence electrons. The monoisotopic (exact) mass is 539 g/mol. The van der Waals surface area contributed by atoms with Crippen LogP contribution in [-0.4, -0.2) is 60.5 Å². The molecule has 2 aliphatic rings. The Hall–Kier alpha value is -2.18. The third-order valence-electron chi connectivity index (χ3n) is 6.73. The normalized spacial score (nSPS) is 20.3. The Morgan fingerprint density at radius 2 is 1.89 bits per heavy atom. The first-order valence-electron chi connectivity index (χ1n) is 12.2. The van der Waals surface area contributed by atoms with E-state index in [-0.39, 0.29) is 29.7 Å². The van der Waals surface area contributed by atoms with Crippen LogP contribution in [0.4, 0.5) is 11.4 Å². The molecule has 2 aliphatic heterocycles. The average molecular weight is 540 g/mol. The molecule has 2 aromatic rings. The van der Waals surface area contributed by atoms with Gasteiger partial charge in [0.2, 0.25) is 0 Å². The summed E-state index contributed by atoms with van der Waals surface area (Å²) >= 11 is 6.37. The summed E-state index contributed by atoms with van der Waals surface area (Å²) in [5, 5.41) is 17.7. The highest BCUT2D eigenvalue weighted by Crippen LogP contribution is 2.26. The minimum absolute atomic E-state index is 0.0907. The average Bonchev–Trinajstić information content (AvgIpc) is 2.85. The van der Waals surface area contributed by atoms with E-state index >= 15 is 0 Å². The number of piperidine rings is 1. The van der Waals surface area contributed by atoms with Gasteiger partial charge in [0.15, 0.2) is 0 Å². The minimum Gasteiger partial charge on any atom is -0.386 e. The highest BCUT2D eigenvalue weighted by atomic mass is 35.5. The number of nitrogens with zero attached hydrogens (tertiary/aromatic N) is 3. The van der Waals surface area contributed by atoms with Crippen LogP contribution in [0.25, 0.3) is 0 Å². The van der Waals surface area contributed by atoms with Gasteiger partial charge < -0.3 is 15.2 Å². The lowest BCUT2D eigenvalue weighted by Gasteiger charge is -2.31. The Morgan fingerprint density at radius 1 is 1.19 bits per heavy atom. The van der Waals surface area contributed by atoms with E-state index in [0.717, 1.165) is 19.4 Å². The third-order valence-corrected chi connectivity index (χ3v) is 8.63. The first-order chi connectivity index (χ1) is 17.0. The summed E-state index contributed by atoms with van der Waals surface area (Å²) < 4.78 is 36.6. The lowest BCUT2D eigenvalue weighted by Crippen LogP contribution is -2.43. The number of hydrogen-bond donors (Lipinski definition) is 3. The minimum atomic E-state index is -3.77. The molecule has 1 atom stereocenters. The van der Waals surface area contributed by atoms with E-state index in [9.17, 15) is 18.3 Å². The molecule has 2 saturated heterocycles. The van der Waals surface area contributed by atoms with Gasteiger partial charge in [0.05, 0.1) is 30.1 Å². The van der Waals surface area contributed by atoms with Gasteiger partial charge in [-0.1, -0.05) is 23.7 Å². The Balaban J connectivity index is 1.35. The van der Waals surface area contributed by atoms with Gasteiger partial charge in [-0.05, 0) is 63.1 Å². The molecule has 2 fully saturated rings. The molecular weight excluding hydrogens is 506 g/mol. The highest BCUT2D eigenvalue weighted by molar-refractivity contribution is 7.90. The van der Waals surface area contributed by atoms with Crippen molar-refractivity contribution in [3.63, 3.8) is 0 Å². The summed E-state index contributed by atoms with van der Waals surface area (Å²) in [4.78, 5) is 12.9. The second kappa shape index (κ2) is 11.1. The topological polar surface area (TPSA) is 126 Å². The van der Waals surface area contributed by atoms with E-state index in [2.05, 4.69) is 15.1 Å². The molecule has 1 aromatic heterocycles. The lowest BCUT2D eigenvalue weighted by atomic mass is 9.98. The van der Waals surface area contributed by atoms with Crippen molar-refractivity contribution in [2.45, 2.75) is 51.2 Å². The number of ether oxygens (including phenoxy) is 1. The van der Waals surface area contributed by atoms with Crippen molar-refractivity contribution in [3.8, 4) is 0 Å². The van der Waals surface area contributed by atoms with Gasteiger partial charge >= 0.3 is 10.2 Å². The second-order valence-corrected chi connectivity index (χ2v) is 12.0. The van der Waals surface area contributed by atoms with Crippen LogP contribution in [0.5, 0.6) is 0 Å². The number of benzene rings is 1. The van der Waals surface area contributed by atoms with Crippen molar-refractivity contribution in [1.29, 1.82) is 0 Å². The summed E-state index contributed by atoms with van der Waals surface area (Å²) in [7, 11) is -3.77. The van der Waals surface area contributed by atoms with Crippen LogP contribution in [0.15, 0.2) is 35.3 Å². The molecule has 0 bridgehead atoms. The van der Waals surface area contributed by atoms with Gasteiger partial charge in [0.1, 0.15) is 5.02 Å². The molecular formula is C24H34ClN5O5S. The highest BCUT2D eigenvalue weighted by Gasteiger charge is 2.30. The van der Waals surface area contributed by atoms with Crippen LogP contribution >= 0.6 is 11.6 Å². The van der Waals surface area contributed by atoms with E-state index in [1.165, 1.54) is 8.99 Å². The van der Waals surface area contributed by atoms with Gasteiger partial charge in [-0.15, -0.1) is 0 Å². The van der Waals surface area contributed by atoms with Gasteiger partial charge in [-0.3, -0.25) is 9.52 Å². The fourth-order valence-corrected chi connectivity index (χ4v) is 5.99. The van der Waals surface area contributed by atoms with E-state index < -0.39 is 15.8 Å². The Kier molecular flexibility index (Phi) is 8.25. The van der Waals surface area contributed by atoms with Crippen LogP contribution in [0, 0.1) is 5.92 Å². The summed E-state index contributed by atoms with van der Waals surface area (Å²) in [6.45, 7) is 5.97. The molecule has 0 unspecified atom stereocenters. The second-order valence-electron chi connectivity index (χ2n) is 9.96. The molecule has 0 spiro atoms. The van der Waals surface area contributed by atoms with E-state index in [0.29, 0.717) is 48.8 Å². The van der Waals surface area contributed by atoms with Gasteiger partial charge in [-0.2, -0.15) is 17.8 Å².